The highest BCUT2D eigenvalue weighted by Crippen LogP contribution is 2.53. The standard InChI is InChI=1S/C63H56N2O2/c1-8-40-22-29-44(30-23-40)64(55-20-12-18-50-48-16-10-14-46(37(3)4)60(48)66-62(50)55)53-34-28-43-36-39(7)57-54(35-27-42-26-33-52(53)58(43)59(42)57)65(45-31-24-41(9-2)25-32-45)56-21-13-19-51-49-17-11-15-47(38(5)6)61(49)67-63(51)56/h10-35,37-39H,8-9,36H2,1-7H3. The number of nitrogens with zero attached hydrogens (tertiary/aromatic N) is 2. The van der Waals surface area contributed by atoms with Crippen molar-refractivity contribution in [3.05, 3.63) is 191 Å². The molecule has 0 N–H and O–H groups in total. The van der Waals surface area contributed by atoms with Gasteiger partial charge in [-0.15, -0.1) is 0 Å². The van der Waals surface area contributed by atoms with Gasteiger partial charge in [-0.1, -0.05) is 158 Å². The lowest BCUT2D eigenvalue weighted by molar-refractivity contribution is 0.656. The molecule has 1 aliphatic carbocycles. The number of hydrogen-bond donors (Lipinski definition) is 0. The van der Waals surface area contributed by atoms with Gasteiger partial charge in [0.15, 0.2) is 11.2 Å². The second kappa shape index (κ2) is 15.9. The molecule has 0 spiro atoms. The van der Waals surface area contributed by atoms with Crippen LogP contribution in [0.5, 0.6) is 0 Å². The van der Waals surface area contributed by atoms with Gasteiger partial charge < -0.3 is 18.6 Å². The van der Waals surface area contributed by atoms with Crippen molar-refractivity contribution >= 4 is 99.5 Å². The summed E-state index contributed by atoms with van der Waals surface area (Å²) in [6, 6.07) is 58.9. The van der Waals surface area contributed by atoms with Crippen molar-refractivity contribution in [2.45, 2.75) is 85.5 Å². The van der Waals surface area contributed by atoms with Gasteiger partial charge in [0, 0.05) is 38.3 Å². The van der Waals surface area contributed by atoms with Crippen molar-refractivity contribution in [1.82, 2.24) is 0 Å². The van der Waals surface area contributed by atoms with Crippen LogP contribution in [0.3, 0.4) is 0 Å². The quantitative estimate of drug-likeness (QED) is 0.128. The highest BCUT2D eigenvalue weighted by atomic mass is 16.3. The van der Waals surface area contributed by atoms with Crippen molar-refractivity contribution in [2.24, 2.45) is 0 Å². The Hall–Kier alpha value is -7.30. The third kappa shape index (κ3) is 6.40. The molecule has 0 aliphatic heterocycles. The minimum atomic E-state index is 0.250. The third-order valence-electron chi connectivity index (χ3n) is 14.7. The van der Waals surface area contributed by atoms with Crippen molar-refractivity contribution in [2.75, 3.05) is 9.80 Å². The van der Waals surface area contributed by atoms with E-state index in [-0.39, 0.29) is 5.92 Å². The summed E-state index contributed by atoms with van der Waals surface area (Å²) in [5.74, 6) is 0.914. The number of para-hydroxylation sites is 4. The number of rotatable bonds is 10. The first-order valence-electron chi connectivity index (χ1n) is 24.4. The molecule has 0 amide bonds. The third-order valence-corrected chi connectivity index (χ3v) is 14.7. The largest absolute Gasteiger partial charge is 0.454 e. The molecule has 67 heavy (non-hydrogen) atoms. The van der Waals surface area contributed by atoms with E-state index in [4.69, 9.17) is 8.83 Å². The SMILES string of the molecule is CCc1ccc(N(c2ccc3ccc4c(N(c5ccc(CC)cc5)c5cccc6c5oc5c(C(C)C)cccc56)ccc5c4c3c2C(C)C5)c2cccc3c2oc2c(C(C)C)cccc23)cc1. The Morgan fingerprint density at radius 3 is 1.42 bits per heavy atom. The summed E-state index contributed by atoms with van der Waals surface area (Å²) in [6.07, 6.45) is 2.89. The molecule has 2 heterocycles. The van der Waals surface area contributed by atoms with Crippen LogP contribution in [0.1, 0.15) is 99.6 Å². The van der Waals surface area contributed by atoms with Crippen LogP contribution in [0, 0.1) is 0 Å². The first-order chi connectivity index (χ1) is 32.7. The Bertz CT molecular complexity index is 3720. The van der Waals surface area contributed by atoms with Gasteiger partial charge in [0.2, 0.25) is 0 Å². The van der Waals surface area contributed by atoms with E-state index in [0.717, 1.165) is 91.6 Å². The van der Waals surface area contributed by atoms with Gasteiger partial charge in [-0.05, 0) is 135 Å². The van der Waals surface area contributed by atoms with Crippen LogP contribution >= 0.6 is 0 Å². The van der Waals surface area contributed by atoms with Crippen LogP contribution < -0.4 is 9.80 Å². The number of anilines is 6. The molecule has 1 aliphatic rings. The maximum Gasteiger partial charge on any atom is 0.159 e. The molecule has 330 valence electrons. The molecule has 4 nitrogen and oxygen atoms in total. The number of furan rings is 2. The van der Waals surface area contributed by atoms with E-state index in [1.54, 1.807) is 0 Å². The molecule has 11 aromatic rings. The Morgan fingerprint density at radius 2 is 0.910 bits per heavy atom. The second-order valence-corrected chi connectivity index (χ2v) is 19.4. The average molecular weight is 873 g/mol. The summed E-state index contributed by atoms with van der Waals surface area (Å²) in [5, 5.41) is 9.71. The highest BCUT2D eigenvalue weighted by molar-refractivity contribution is 6.20. The first kappa shape index (κ1) is 41.2. The summed E-state index contributed by atoms with van der Waals surface area (Å²) < 4.78 is 14.1. The van der Waals surface area contributed by atoms with E-state index >= 15 is 0 Å². The summed E-state index contributed by atoms with van der Waals surface area (Å²) >= 11 is 0. The molecule has 0 bridgehead atoms. The average Bonchev–Trinajstić information content (AvgIpc) is 3.94. The zero-order valence-electron chi connectivity index (χ0n) is 39.6. The fourth-order valence-electron chi connectivity index (χ4n) is 11.3. The normalized spacial score (nSPS) is 13.8. The fraction of sp³-hybridized carbons (Fsp3) is 0.206. The zero-order valence-corrected chi connectivity index (χ0v) is 39.6. The number of aryl methyl sites for hydroxylation is 2. The lowest BCUT2D eigenvalue weighted by atomic mass is 9.79. The van der Waals surface area contributed by atoms with Crippen molar-refractivity contribution < 1.29 is 8.83 Å². The highest BCUT2D eigenvalue weighted by Gasteiger charge is 2.31. The van der Waals surface area contributed by atoms with Gasteiger partial charge in [0.05, 0.1) is 22.7 Å². The van der Waals surface area contributed by atoms with E-state index in [9.17, 15) is 0 Å². The Labute approximate surface area is 393 Å². The molecular formula is C63H56N2O2. The van der Waals surface area contributed by atoms with E-state index in [2.05, 4.69) is 216 Å². The topological polar surface area (TPSA) is 32.8 Å². The molecule has 0 saturated heterocycles. The number of hydrogen-bond acceptors (Lipinski definition) is 4. The van der Waals surface area contributed by atoms with Crippen LogP contribution in [0.15, 0.2) is 167 Å². The fourth-order valence-corrected chi connectivity index (χ4v) is 11.3. The van der Waals surface area contributed by atoms with Gasteiger partial charge in [-0.2, -0.15) is 0 Å². The Morgan fingerprint density at radius 1 is 0.448 bits per heavy atom. The summed E-state index contributed by atoms with van der Waals surface area (Å²) in [7, 11) is 0. The van der Waals surface area contributed by atoms with Crippen LogP contribution in [0.4, 0.5) is 34.1 Å². The number of benzene rings is 9. The predicted molar refractivity (Wildman–Crippen MR) is 284 cm³/mol. The molecule has 1 atom stereocenters. The van der Waals surface area contributed by atoms with Gasteiger partial charge in [0.25, 0.3) is 0 Å². The summed E-state index contributed by atoms with van der Waals surface area (Å²) in [5.41, 5.74) is 18.2. The smallest absolute Gasteiger partial charge is 0.159 e. The van der Waals surface area contributed by atoms with Crippen molar-refractivity contribution in [3.63, 3.8) is 0 Å². The van der Waals surface area contributed by atoms with Gasteiger partial charge in [-0.3, -0.25) is 0 Å². The monoisotopic (exact) mass is 872 g/mol. The maximum atomic E-state index is 7.07. The molecule has 0 fully saturated rings. The second-order valence-electron chi connectivity index (χ2n) is 19.4. The first-order valence-corrected chi connectivity index (χ1v) is 24.4. The molecule has 1 unspecified atom stereocenters. The van der Waals surface area contributed by atoms with Crippen molar-refractivity contribution in [1.29, 1.82) is 0 Å². The maximum absolute atomic E-state index is 7.07. The Balaban J connectivity index is 1.13. The van der Waals surface area contributed by atoms with Crippen LogP contribution in [-0.4, -0.2) is 0 Å². The minimum absolute atomic E-state index is 0.250. The van der Waals surface area contributed by atoms with Gasteiger partial charge in [-0.25, -0.2) is 0 Å². The molecule has 9 aromatic carbocycles. The lowest BCUT2D eigenvalue weighted by Gasteiger charge is -2.34. The van der Waals surface area contributed by atoms with Gasteiger partial charge >= 0.3 is 0 Å². The molecule has 12 rings (SSSR count). The van der Waals surface area contributed by atoms with E-state index < -0.39 is 0 Å². The number of fused-ring (bicyclic) bond motifs is 6. The van der Waals surface area contributed by atoms with E-state index in [1.807, 2.05) is 0 Å². The molecule has 0 radical (unpaired) electrons. The Kier molecular flexibility index (Phi) is 9.80. The summed E-state index contributed by atoms with van der Waals surface area (Å²) in [4.78, 5) is 4.93. The van der Waals surface area contributed by atoms with E-state index in [1.165, 1.54) is 60.6 Å². The molecule has 4 heteroatoms. The van der Waals surface area contributed by atoms with E-state index in [0.29, 0.717) is 11.8 Å². The summed E-state index contributed by atoms with van der Waals surface area (Å²) in [6.45, 7) is 15.8. The van der Waals surface area contributed by atoms with Gasteiger partial charge in [0.1, 0.15) is 11.2 Å². The van der Waals surface area contributed by atoms with Crippen LogP contribution in [0.2, 0.25) is 0 Å². The minimum Gasteiger partial charge on any atom is -0.454 e. The van der Waals surface area contributed by atoms with Crippen LogP contribution in [-0.2, 0) is 19.3 Å². The molecule has 0 saturated carbocycles. The zero-order chi connectivity index (χ0) is 45.7. The van der Waals surface area contributed by atoms with Crippen LogP contribution in [0.25, 0.3) is 65.4 Å². The molecule has 2 aromatic heterocycles. The predicted octanol–water partition coefficient (Wildman–Crippen LogP) is 18.8. The lowest BCUT2D eigenvalue weighted by Crippen LogP contribution is -2.17. The van der Waals surface area contributed by atoms with Crippen molar-refractivity contribution in [3.8, 4) is 0 Å². The molecular weight excluding hydrogens is 817 g/mol.